The van der Waals surface area contributed by atoms with Crippen molar-refractivity contribution in [3.63, 3.8) is 0 Å². The van der Waals surface area contributed by atoms with Crippen LogP contribution in [0.25, 0.3) is 0 Å². The molecule has 1 fully saturated rings. The first kappa shape index (κ1) is 14.9. The van der Waals surface area contributed by atoms with Gasteiger partial charge < -0.3 is 20.3 Å². The van der Waals surface area contributed by atoms with Crippen LogP contribution < -0.4 is 10.6 Å². The highest BCUT2D eigenvalue weighted by Gasteiger charge is 2.38. The van der Waals surface area contributed by atoms with Crippen LogP contribution in [0.1, 0.15) is 33.2 Å². The number of anilines is 2. The molecule has 22 heavy (non-hydrogen) atoms. The minimum Gasteiger partial charge on any atom is -0.444 e. The summed E-state index contributed by atoms with van der Waals surface area (Å²) in [4.78, 5) is 18.4. The van der Waals surface area contributed by atoms with Gasteiger partial charge in [-0.15, -0.1) is 5.10 Å². The van der Waals surface area contributed by atoms with Crippen molar-refractivity contribution in [1.29, 1.82) is 0 Å². The first-order chi connectivity index (χ1) is 10.4. The molecular weight excluding hydrogens is 284 g/mol. The van der Waals surface area contributed by atoms with Crippen LogP contribution in [-0.4, -0.2) is 58.0 Å². The summed E-state index contributed by atoms with van der Waals surface area (Å²) in [6.07, 6.45) is 0.636. The number of rotatable bonds is 1. The van der Waals surface area contributed by atoms with E-state index in [2.05, 4.69) is 20.7 Å². The third kappa shape index (κ3) is 2.82. The van der Waals surface area contributed by atoms with Gasteiger partial charge in [0, 0.05) is 32.6 Å². The lowest BCUT2D eigenvalue weighted by Gasteiger charge is -2.41. The Morgan fingerprint density at radius 2 is 2.23 bits per heavy atom. The van der Waals surface area contributed by atoms with Gasteiger partial charge in [0.15, 0.2) is 0 Å². The fourth-order valence-corrected chi connectivity index (χ4v) is 3.04. The van der Waals surface area contributed by atoms with E-state index in [4.69, 9.17) is 4.74 Å². The molecule has 0 spiro atoms. The highest BCUT2D eigenvalue weighted by atomic mass is 16.6. The molecule has 1 aromatic rings. The molecular formula is C14H24N6O2. The van der Waals surface area contributed by atoms with Gasteiger partial charge in [0.1, 0.15) is 5.60 Å². The van der Waals surface area contributed by atoms with E-state index in [0.717, 1.165) is 18.9 Å². The summed E-state index contributed by atoms with van der Waals surface area (Å²) in [5.41, 5.74) is -0.459. The fraction of sp³-hybridized carbons (Fsp3) is 0.786. The Kier molecular flexibility index (Phi) is 3.62. The topological polar surface area (TPSA) is 84.3 Å². The molecule has 3 rings (SSSR count). The van der Waals surface area contributed by atoms with Crippen molar-refractivity contribution in [3.8, 4) is 0 Å². The number of ether oxygens (including phenoxy) is 1. The standard InChI is InChI=1S/C14H24N6O2/c1-14(2,3)22-13(21)19-6-5-10-9(8-19)7-16-12-17-11(15-4)18-20(10)12/h9-10H,5-8H2,1-4H3,(H2,15,16,17,18). The first-order valence-electron chi connectivity index (χ1n) is 7.73. The van der Waals surface area contributed by atoms with Crippen molar-refractivity contribution in [2.75, 3.05) is 37.3 Å². The monoisotopic (exact) mass is 308 g/mol. The van der Waals surface area contributed by atoms with Gasteiger partial charge in [0.25, 0.3) is 0 Å². The second-order valence-corrected chi connectivity index (χ2v) is 6.88. The SMILES string of the molecule is CNc1nc2n(n1)C1CCN(C(=O)OC(C)(C)C)CC1CN2. The van der Waals surface area contributed by atoms with Crippen molar-refractivity contribution >= 4 is 18.0 Å². The average Bonchev–Trinajstić information content (AvgIpc) is 2.88. The van der Waals surface area contributed by atoms with Crippen LogP contribution in [0.3, 0.4) is 0 Å². The maximum Gasteiger partial charge on any atom is 0.410 e. The number of aromatic nitrogens is 3. The molecule has 122 valence electrons. The van der Waals surface area contributed by atoms with Crippen LogP contribution in [0.15, 0.2) is 0 Å². The maximum absolute atomic E-state index is 12.2. The maximum atomic E-state index is 12.2. The van der Waals surface area contributed by atoms with E-state index >= 15 is 0 Å². The Bertz CT molecular complexity index is 564. The molecule has 0 aliphatic carbocycles. The second kappa shape index (κ2) is 5.33. The summed E-state index contributed by atoms with van der Waals surface area (Å²) >= 11 is 0. The van der Waals surface area contributed by atoms with Gasteiger partial charge in [0.2, 0.25) is 11.9 Å². The van der Waals surface area contributed by atoms with Crippen molar-refractivity contribution < 1.29 is 9.53 Å². The predicted molar refractivity (Wildman–Crippen MR) is 83.0 cm³/mol. The van der Waals surface area contributed by atoms with E-state index in [1.807, 2.05) is 32.5 Å². The van der Waals surface area contributed by atoms with Gasteiger partial charge in [-0.1, -0.05) is 0 Å². The summed E-state index contributed by atoms with van der Waals surface area (Å²) in [5.74, 6) is 1.74. The number of carbonyl (C=O) groups excluding carboxylic acids is 1. The number of nitrogens with one attached hydrogen (secondary N) is 2. The molecule has 0 bridgehead atoms. The Morgan fingerprint density at radius 3 is 2.91 bits per heavy atom. The normalized spacial score (nSPS) is 24.1. The summed E-state index contributed by atoms with van der Waals surface area (Å²) in [5, 5.41) is 10.7. The van der Waals surface area contributed by atoms with E-state index < -0.39 is 5.60 Å². The van der Waals surface area contributed by atoms with Gasteiger partial charge in [-0.3, -0.25) is 0 Å². The third-order valence-electron chi connectivity index (χ3n) is 4.04. The first-order valence-corrected chi connectivity index (χ1v) is 7.73. The minimum atomic E-state index is -0.459. The third-order valence-corrected chi connectivity index (χ3v) is 4.04. The lowest BCUT2D eigenvalue weighted by Crippen LogP contribution is -2.50. The Morgan fingerprint density at radius 1 is 1.45 bits per heavy atom. The number of hydrogen-bond donors (Lipinski definition) is 2. The van der Waals surface area contributed by atoms with Crippen LogP contribution in [0.5, 0.6) is 0 Å². The summed E-state index contributed by atoms with van der Waals surface area (Å²) in [6.45, 7) is 7.83. The molecule has 2 N–H and O–H groups in total. The zero-order chi connectivity index (χ0) is 15.9. The number of likely N-dealkylation sites (tertiary alicyclic amines) is 1. The zero-order valence-electron chi connectivity index (χ0n) is 13.6. The van der Waals surface area contributed by atoms with Crippen LogP contribution in [0.2, 0.25) is 0 Å². The molecule has 3 heterocycles. The molecule has 2 unspecified atom stereocenters. The number of nitrogens with zero attached hydrogens (tertiary/aromatic N) is 4. The van der Waals surface area contributed by atoms with E-state index in [9.17, 15) is 4.79 Å². The average molecular weight is 308 g/mol. The van der Waals surface area contributed by atoms with E-state index in [1.54, 1.807) is 4.90 Å². The predicted octanol–water partition coefficient (Wildman–Crippen LogP) is 1.54. The molecule has 2 atom stereocenters. The van der Waals surface area contributed by atoms with Gasteiger partial charge >= 0.3 is 6.09 Å². The molecule has 0 radical (unpaired) electrons. The van der Waals surface area contributed by atoms with Crippen LogP contribution in [-0.2, 0) is 4.74 Å². The lowest BCUT2D eigenvalue weighted by molar-refractivity contribution is 0.0107. The highest BCUT2D eigenvalue weighted by Crippen LogP contribution is 2.34. The van der Waals surface area contributed by atoms with Gasteiger partial charge in [-0.05, 0) is 27.2 Å². The van der Waals surface area contributed by atoms with E-state index in [0.29, 0.717) is 25.0 Å². The zero-order valence-corrected chi connectivity index (χ0v) is 13.6. The molecule has 1 saturated heterocycles. The number of hydrogen-bond acceptors (Lipinski definition) is 6. The molecule has 0 saturated carbocycles. The molecule has 1 aromatic heterocycles. The Hall–Kier alpha value is -1.99. The molecule has 8 nitrogen and oxygen atoms in total. The van der Waals surface area contributed by atoms with Crippen LogP contribution in [0, 0.1) is 5.92 Å². The van der Waals surface area contributed by atoms with Crippen molar-refractivity contribution in [3.05, 3.63) is 0 Å². The van der Waals surface area contributed by atoms with Gasteiger partial charge in [-0.2, -0.15) is 4.98 Å². The Labute approximate surface area is 130 Å². The summed E-state index contributed by atoms with van der Waals surface area (Å²) in [6, 6.07) is 0.282. The molecule has 8 heteroatoms. The second-order valence-electron chi connectivity index (χ2n) is 6.88. The molecule has 2 aliphatic heterocycles. The van der Waals surface area contributed by atoms with Crippen molar-refractivity contribution in [2.24, 2.45) is 5.92 Å². The number of amides is 1. The largest absolute Gasteiger partial charge is 0.444 e. The lowest BCUT2D eigenvalue weighted by atomic mass is 9.91. The van der Waals surface area contributed by atoms with Crippen LogP contribution in [0.4, 0.5) is 16.7 Å². The fourth-order valence-electron chi connectivity index (χ4n) is 3.04. The smallest absolute Gasteiger partial charge is 0.410 e. The molecule has 2 aliphatic rings. The van der Waals surface area contributed by atoms with Gasteiger partial charge in [-0.25, -0.2) is 9.48 Å². The highest BCUT2D eigenvalue weighted by molar-refractivity contribution is 5.68. The molecule has 1 amide bonds. The number of piperidine rings is 1. The number of carbonyl (C=O) groups is 1. The number of fused-ring (bicyclic) bond motifs is 3. The van der Waals surface area contributed by atoms with Crippen molar-refractivity contribution in [1.82, 2.24) is 19.7 Å². The quantitative estimate of drug-likeness (QED) is 0.819. The summed E-state index contributed by atoms with van der Waals surface area (Å²) in [7, 11) is 1.81. The van der Waals surface area contributed by atoms with Gasteiger partial charge in [0.05, 0.1) is 6.04 Å². The Balaban J connectivity index is 1.70. The van der Waals surface area contributed by atoms with E-state index in [1.165, 1.54) is 0 Å². The molecule has 0 aromatic carbocycles. The summed E-state index contributed by atoms with van der Waals surface area (Å²) < 4.78 is 7.42. The van der Waals surface area contributed by atoms with E-state index in [-0.39, 0.29) is 12.1 Å². The minimum absolute atomic E-state index is 0.230. The van der Waals surface area contributed by atoms with Crippen LogP contribution >= 0.6 is 0 Å². The van der Waals surface area contributed by atoms with Crippen molar-refractivity contribution in [2.45, 2.75) is 38.8 Å².